The van der Waals surface area contributed by atoms with Crippen molar-refractivity contribution >= 4 is 17.3 Å². The maximum atomic E-state index is 4.00. The van der Waals surface area contributed by atoms with E-state index in [0.717, 1.165) is 10.8 Å². The highest BCUT2D eigenvalue weighted by molar-refractivity contribution is 7.99. The first-order chi connectivity index (χ1) is 7.67. The van der Waals surface area contributed by atoms with Gasteiger partial charge in [0.2, 0.25) is 0 Å². The molecule has 0 saturated heterocycles. The highest BCUT2D eigenvalue weighted by Gasteiger charge is 2.07. The van der Waals surface area contributed by atoms with Gasteiger partial charge >= 0.3 is 0 Å². The molecule has 0 aliphatic rings. The van der Waals surface area contributed by atoms with Crippen LogP contribution >= 0.6 is 11.8 Å². The molecule has 0 bridgehead atoms. The predicted molar refractivity (Wildman–Crippen MR) is 77.1 cm³/mol. The van der Waals surface area contributed by atoms with Gasteiger partial charge < -0.3 is 0 Å². The van der Waals surface area contributed by atoms with Crippen LogP contribution in [-0.4, -0.2) is 11.5 Å². The molecule has 88 valence electrons. The Balaban J connectivity index is 2.72. The van der Waals surface area contributed by atoms with Gasteiger partial charge in [-0.2, -0.15) is 11.8 Å². The van der Waals surface area contributed by atoms with Crippen LogP contribution in [0.4, 0.5) is 0 Å². The van der Waals surface area contributed by atoms with Gasteiger partial charge in [-0.15, -0.1) is 0 Å². The number of rotatable bonds is 6. The van der Waals surface area contributed by atoms with Crippen LogP contribution in [0.5, 0.6) is 0 Å². The van der Waals surface area contributed by atoms with E-state index in [1.807, 2.05) is 11.8 Å². The van der Waals surface area contributed by atoms with Gasteiger partial charge in [0, 0.05) is 5.25 Å². The van der Waals surface area contributed by atoms with Gasteiger partial charge in [-0.05, 0) is 37.1 Å². The van der Waals surface area contributed by atoms with Gasteiger partial charge in [-0.25, -0.2) is 0 Å². The van der Waals surface area contributed by atoms with E-state index in [9.17, 15) is 0 Å². The minimum Gasteiger partial charge on any atom is -0.162 e. The van der Waals surface area contributed by atoms with Crippen LogP contribution in [0.15, 0.2) is 30.8 Å². The first-order valence-corrected chi connectivity index (χ1v) is 7.23. The molecule has 16 heavy (non-hydrogen) atoms. The Labute approximate surface area is 104 Å². The maximum Gasteiger partial charge on any atom is 0.00845 e. The summed E-state index contributed by atoms with van der Waals surface area (Å²) in [7, 11) is 0. The lowest BCUT2D eigenvalue weighted by Gasteiger charge is -2.14. The summed E-state index contributed by atoms with van der Waals surface area (Å²) < 4.78 is 0. The number of benzene rings is 1. The van der Waals surface area contributed by atoms with Crippen molar-refractivity contribution in [2.75, 3.05) is 6.26 Å². The second-order valence-electron chi connectivity index (χ2n) is 4.33. The lowest BCUT2D eigenvalue weighted by molar-refractivity contribution is 0.736. The topological polar surface area (TPSA) is 0 Å². The average Bonchev–Trinajstić information content (AvgIpc) is 2.29. The molecule has 0 aromatic heterocycles. The summed E-state index contributed by atoms with van der Waals surface area (Å²) in [6, 6.07) is 8.79. The molecule has 1 aromatic rings. The quantitative estimate of drug-likeness (QED) is 0.681. The van der Waals surface area contributed by atoms with Crippen molar-refractivity contribution in [3.8, 4) is 0 Å². The molecule has 1 atom stereocenters. The summed E-state index contributed by atoms with van der Waals surface area (Å²) in [5.74, 6) is 0. The minimum atomic E-state index is 0.755. The van der Waals surface area contributed by atoms with E-state index in [4.69, 9.17) is 0 Å². The van der Waals surface area contributed by atoms with Crippen molar-refractivity contribution in [1.29, 1.82) is 0 Å². The molecule has 0 fully saturated rings. The number of hydrogen-bond acceptors (Lipinski definition) is 1. The monoisotopic (exact) mass is 234 g/mol. The Bertz CT molecular complexity index is 341. The third-order valence-corrected chi connectivity index (χ3v) is 3.90. The molecular weight excluding hydrogens is 212 g/mol. The Kier molecular flexibility index (Phi) is 5.68. The Morgan fingerprint density at radius 2 is 2.19 bits per heavy atom. The highest BCUT2D eigenvalue weighted by atomic mass is 32.2. The SMILES string of the molecule is C=C(C)c1cccc(CC(CCC)SC)c1. The molecule has 0 N–H and O–H groups in total. The zero-order valence-electron chi connectivity index (χ0n) is 10.6. The average molecular weight is 234 g/mol. The molecule has 0 spiro atoms. The standard InChI is InChI=1S/C15H22S/c1-5-7-15(16-4)11-13-8-6-9-14(10-13)12(2)3/h6,8-10,15H,2,5,7,11H2,1,3-4H3. The molecular formula is C15H22S. The molecule has 0 nitrogen and oxygen atoms in total. The summed E-state index contributed by atoms with van der Waals surface area (Å²) in [5.41, 5.74) is 3.86. The highest BCUT2D eigenvalue weighted by Crippen LogP contribution is 2.21. The molecule has 0 amide bonds. The second-order valence-corrected chi connectivity index (χ2v) is 5.47. The van der Waals surface area contributed by atoms with Gasteiger partial charge in [0.1, 0.15) is 0 Å². The molecule has 1 aromatic carbocycles. The molecule has 0 aliphatic carbocycles. The molecule has 1 rings (SSSR count). The maximum absolute atomic E-state index is 4.00. The first kappa shape index (κ1) is 13.4. The normalized spacial score (nSPS) is 12.4. The van der Waals surface area contributed by atoms with Crippen LogP contribution in [0.25, 0.3) is 5.57 Å². The molecule has 0 heterocycles. The first-order valence-electron chi connectivity index (χ1n) is 5.95. The smallest absolute Gasteiger partial charge is 0.00845 e. The molecule has 1 heteroatoms. The lowest BCUT2D eigenvalue weighted by atomic mass is 10.0. The Morgan fingerprint density at radius 3 is 2.75 bits per heavy atom. The summed E-state index contributed by atoms with van der Waals surface area (Å²) in [5, 5.41) is 0.755. The number of thioether (sulfide) groups is 1. The second kappa shape index (κ2) is 6.80. The van der Waals surface area contributed by atoms with Gasteiger partial charge in [-0.3, -0.25) is 0 Å². The van der Waals surface area contributed by atoms with E-state index in [-0.39, 0.29) is 0 Å². The van der Waals surface area contributed by atoms with E-state index in [1.165, 1.54) is 30.4 Å². The minimum absolute atomic E-state index is 0.755. The number of hydrogen-bond donors (Lipinski definition) is 0. The summed E-state index contributed by atoms with van der Waals surface area (Å²) in [6.07, 6.45) is 5.96. The van der Waals surface area contributed by atoms with Crippen LogP contribution < -0.4 is 0 Å². The zero-order valence-corrected chi connectivity index (χ0v) is 11.4. The van der Waals surface area contributed by atoms with Gasteiger partial charge in [-0.1, -0.05) is 49.8 Å². The third-order valence-electron chi connectivity index (χ3n) is 2.83. The fourth-order valence-electron chi connectivity index (χ4n) is 1.85. The predicted octanol–water partition coefficient (Wildman–Crippen LogP) is 4.79. The van der Waals surface area contributed by atoms with Crippen molar-refractivity contribution in [3.05, 3.63) is 42.0 Å². The van der Waals surface area contributed by atoms with Crippen molar-refractivity contribution in [1.82, 2.24) is 0 Å². The fraction of sp³-hybridized carbons (Fsp3) is 0.467. The van der Waals surface area contributed by atoms with E-state index >= 15 is 0 Å². The Morgan fingerprint density at radius 1 is 1.44 bits per heavy atom. The van der Waals surface area contributed by atoms with Gasteiger partial charge in [0.05, 0.1) is 0 Å². The van der Waals surface area contributed by atoms with Gasteiger partial charge in [0.25, 0.3) is 0 Å². The fourth-order valence-corrected chi connectivity index (χ4v) is 2.68. The van der Waals surface area contributed by atoms with Crippen LogP contribution in [0.3, 0.4) is 0 Å². The van der Waals surface area contributed by atoms with Crippen molar-refractivity contribution in [2.24, 2.45) is 0 Å². The van der Waals surface area contributed by atoms with Crippen LogP contribution in [0, 0.1) is 0 Å². The lowest BCUT2D eigenvalue weighted by Crippen LogP contribution is -2.06. The van der Waals surface area contributed by atoms with Crippen LogP contribution in [0.1, 0.15) is 37.8 Å². The van der Waals surface area contributed by atoms with Crippen molar-refractivity contribution < 1.29 is 0 Å². The molecule has 0 aliphatic heterocycles. The van der Waals surface area contributed by atoms with E-state index in [2.05, 4.69) is 50.9 Å². The molecule has 0 saturated carbocycles. The third kappa shape index (κ3) is 4.05. The summed E-state index contributed by atoms with van der Waals surface area (Å²) >= 11 is 1.98. The number of allylic oxidation sites excluding steroid dienone is 1. The van der Waals surface area contributed by atoms with Crippen LogP contribution in [-0.2, 0) is 6.42 Å². The molecule has 1 unspecified atom stereocenters. The van der Waals surface area contributed by atoms with Crippen molar-refractivity contribution in [3.63, 3.8) is 0 Å². The van der Waals surface area contributed by atoms with E-state index in [0.29, 0.717) is 0 Å². The van der Waals surface area contributed by atoms with E-state index in [1.54, 1.807) is 0 Å². The van der Waals surface area contributed by atoms with E-state index < -0.39 is 0 Å². The zero-order chi connectivity index (χ0) is 12.0. The summed E-state index contributed by atoms with van der Waals surface area (Å²) in [4.78, 5) is 0. The van der Waals surface area contributed by atoms with Gasteiger partial charge in [0.15, 0.2) is 0 Å². The van der Waals surface area contributed by atoms with Crippen LogP contribution in [0.2, 0.25) is 0 Å². The molecule has 0 radical (unpaired) electrons. The van der Waals surface area contributed by atoms with Crippen molar-refractivity contribution in [2.45, 2.75) is 38.4 Å². The Hall–Kier alpha value is -0.690. The largest absolute Gasteiger partial charge is 0.162 e. The summed E-state index contributed by atoms with van der Waals surface area (Å²) in [6.45, 7) is 8.32.